The Morgan fingerprint density at radius 3 is 2.85 bits per heavy atom. The Kier molecular flexibility index (Phi) is 1.62. The van der Waals surface area contributed by atoms with Gasteiger partial charge in [-0.2, -0.15) is 4.98 Å². The fraction of sp³-hybridized carbons (Fsp3) is 0.778. The summed E-state index contributed by atoms with van der Waals surface area (Å²) in [5.74, 6) is 2.83. The van der Waals surface area contributed by atoms with Gasteiger partial charge in [-0.3, -0.25) is 0 Å². The van der Waals surface area contributed by atoms with Crippen molar-refractivity contribution < 1.29 is 4.52 Å². The molecular weight excluding hydrogens is 166 g/mol. The van der Waals surface area contributed by atoms with E-state index in [1.165, 1.54) is 12.8 Å². The van der Waals surface area contributed by atoms with E-state index in [9.17, 15) is 0 Å². The summed E-state index contributed by atoms with van der Waals surface area (Å²) >= 11 is 0. The molecule has 4 nitrogen and oxygen atoms in total. The summed E-state index contributed by atoms with van der Waals surface area (Å²) in [6.45, 7) is 2.08. The van der Waals surface area contributed by atoms with Crippen LogP contribution in [-0.2, 0) is 0 Å². The van der Waals surface area contributed by atoms with E-state index in [0.29, 0.717) is 11.8 Å². The summed E-state index contributed by atoms with van der Waals surface area (Å²) < 4.78 is 5.21. The van der Waals surface area contributed by atoms with Crippen LogP contribution in [-0.4, -0.2) is 23.2 Å². The highest BCUT2D eigenvalue weighted by atomic mass is 16.5. The standard InChI is InChI=1S/C9H13N3O/c1-2-6(1)9-11-8(12-13-9)7-3-4-10-5-7/h6-7,10H,1-5H2/t7-/m0/s1. The van der Waals surface area contributed by atoms with Crippen LogP contribution in [0.1, 0.15) is 42.8 Å². The van der Waals surface area contributed by atoms with Crippen LogP contribution in [0.2, 0.25) is 0 Å². The van der Waals surface area contributed by atoms with Crippen molar-refractivity contribution in [2.75, 3.05) is 13.1 Å². The molecule has 1 aromatic heterocycles. The predicted octanol–water partition coefficient (Wildman–Crippen LogP) is 1.02. The second kappa shape index (κ2) is 2.80. The molecule has 13 heavy (non-hydrogen) atoms. The fourth-order valence-corrected chi connectivity index (χ4v) is 1.78. The smallest absolute Gasteiger partial charge is 0.229 e. The van der Waals surface area contributed by atoms with Crippen LogP contribution in [0.4, 0.5) is 0 Å². The molecule has 2 fully saturated rings. The van der Waals surface area contributed by atoms with E-state index in [4.69, 9.17) is 4.52 Å². The molecule has 2 aliphatic rings. The van der Waals surface area contributed by atoms with Gasteiger partial charge in [-0.1, -0.05) is 5.16 Å². The third-order valence-electron chi connectivity index (χ3n) is 2.81. The SMILES string of the molecule is C1C[C@H](c2noc(C3CC3)n2)CN1. The molecule has 1 atom stereocenters. The van der Waals surface area contributed by atoms with Gasteiger partial charge >= 0.3 is 0 Å². The summed E-state index contributed by atoms with van der Waals surface area (Å²) in [5, 5.41) is 7.34. The van der Waals surface area contributed by atoms with Gasteiger partial charge < -0.3 is 9.84 Å². The first kappa shape index (κ1) is 7.50. The Bertz CT molecular complexity index is 300. The summed E-state index contributed by atoms with van der Waals surface area (Å²) in [6.07, 6.45) is 3.60. The van der Waals surface area contributed by atoms with Gasteiger partial charge in [-0.15, -0.1) is 0 Å². The lowest BCUT2D eigenvalue weighted by Crippen LogP contribution is -2.08. The number of hydrogen-bond acceptors (Lipinski definition) is 4. The first-order valence-electron chi connectivity index (χ1n) is 4.97. The van der Waals surface area contributed by atoms with Crippen molar-refractivity contribution in [3.05, 3.63) is 11.7 Å². The first-order chi connectivity index (χ1) is 6.43. The maximum Gasteiger partial charge on any atom is 0.229 e. The topological polar surface area (TPSA) is 51.0 Å². The highest BCUT2D eigenvalue weighted by Gasteiger charge is 2.31. The van der Waals surface area contributed by atoms with Crippen molar-refractivity contribution in [3.8, 4) is 0 Å². The highest BCUT2D eigenvalue weighted by molar-refractivity contribution is 5.05. The third kappa shape index (κ3) is 1.35. The third-order valence-corrected chi connectivity index (χ3v) is 2.81. The molecule has 1 aliphatic carbocycles. The van der Waals surface area contributed by atoms with Gasteiger partial charge in [0.15, 0.2) is 5.82 Å². The Balaban J connectivity index is 1.79. The molecule has 0 spiro atoms. The van der Waals surface area contributed by atoms with E-state index in [-0.39, 0.29) is 0 Å². The molecule has 1 saturated heterocycles. The average molecular weight is 179 g/mol. The van der Waals surface area contributed by atoms with E-state index < -0.39 is 0 Å². The maximum atomic E-state index is 5.21. The van der Waals surface area contributed by atoms with Gasteiger partial charge in [0.25, 0.3) is 0 Å². The summed E-state index contributed by atoms with van der Waals surface area (Å²) in [7, 11) is 0. The van der Waals surface area contributed by atoms with E-state index in [0.717, 1.165) is 31.2 Å². The number of nitrogens with zero attached hydrogens (tertiary/aromatic N) is 2. The fourth-order valence-electron chi connectivity index (χ4n) is 1.78. The molecule has 0 bridgehead atoms. The van der Waals surface area contributed by atoms with Crippen LogP contribution in [0.3, 0.4) is 0 Å². The van der Waals surface area contributed by atoms with Crippen LogP contribution >= 0.6 is 0 Å². The van der Waals surface area contributed by atoms with Gasteiger partial charge in [0.05, 0.1) is 0 Å². The van der Waals surface area contributed by atoms with Crippen LogP contribution in [0.5, 0.6) is 0 Å². The number of rotatable bonds is 2. The Morgan fingerprint density at radius 1 is 1.23 bits per heavy atom. The van der Waals surface area contributed by atoms with Crippen molar-refractivity contribution >= 4 is 0 Å². The zero-order valence-corrected chi connectivity index (χ0v) is 7.49. The van der Waals surface area contributed by atoms with Crippen molar-refractivity contribution in [2.24, 2.45) is 0 Å². The molecule has 1 aromatic rings. The lowest BCUT2D eigenvalue weighted by Gasteiger charge is -1.98. The molecule has 0 radical (unpaired) electrons. The zero-order valence-electron chi connectivity index (χ0n) is 7.49. The summed E-state index contributed by atoms with van der Waals surface area (Å²) in [4.78, 5) is 4.44. The molecular formula is C9H13N3O. The van der Waals surface area contributed by atoms with E-state index in [1.54, 1.807) is 0 Å². The van der Waals surface area contributed by atoms with Crippen LogP contribution in [0.25, 0.3) is 0 Å². The number of aromatic nitrogens is 2. The van der Waals surface area contributed by atoms with E-state index in [1.807, 2.05) is 0 Å². The quantitative estimate of drug-likeness (QED) is 0.736. The molecule has 4 heteroatoms. The molecule has 1 saturated carbocycles. The lowest BCUT2D eigenvalue weighted by atomic mass is 10.1. The highest BCUT2D eigenvalue weighted by Crippen LogP contribution is 2.39. The van der Waals surface area contributed by atoms with Crippen molar-refractivity contribution in [3.63, 3.8) is 0 Å². The Labute approximate surface area is 76.7 Å². The Hall–Kier alpha value is -0.900. The molecule has 1 N–H and O–H groups in total. The molecule has 0 amide bonds. The minimum atomic E-state index is 0.483. The number of nitrogens with one attached hydrogen (secondary N) is 1. The monoisotopic (exact) mass is 179 g/mol. The van der Waals surface area contributed by atoms with Gasteiger partial charge in [-0.25, -0.2) is 0 Å². The largest absolute Gasteiger partial charge is 0.339 e. The molecule has 2 heterocycles. The second-order valence-electron chi connectivity index (χ2n) is 3.95. The van der Waals surface area contributed by atoms with Crippen molar-refractivity contribution in [1.29, 1.82) is 0 Å². The maximum absolute atomic E-state index is 5.21. The van der Waals surface area contributed by atoms with Gasteiger partial charge in [0.2, 0.25) is 5.89 Å². The Morgan fingerprint density at radius 2 is 2.15 bits per heavy atom. The summed E-state index contributed by atoms with van der Waals surface area (Å²) in [5.41, 5.74) is 0. The minimum Gasteiger partial charge on any atom is -0.339 e. The first-order valence-corrected chi connectivity index (χ1v) is 4.97. The van der Waals surface area contributed by atoms with Crippen LogP contribution in [0.15, 0.2) is 4.52 Å². The molecule has 0 unspecified atom stereocenters. The molecule has 1 aliphatic heterocycles. The van der Waals surface area contributed by atoms with Crippen LogP contribution in [0, 0.1) is 0 Å². The lowest BCUT2D eigenvalue weighted by molar-refractivity contribution is 0.371. The normalized spacial score (nSPS) is 28.2. The molecule has 0 aromatic carbocycles. The van der Waals surface area contributed by atoms with Crippen LogP contribution < -0.4 is 5.32 Å². The van der Waals surface area contributed by atoms with Gasteiger partial charge in [0.1, 0.15) is 0 Å². The number of hydrogen-bond donors (Lipinski definition) is 1. The second-order valence-corrected chi connectivity index (χ2v) is 3.95. The zero-order chi connectivity index (χ0) is 8.67. The van der Waals surface area contributed by atoms with Gasteiger partial charge in [0, 0.05) is 18.4 Å². The van der Waals surface area contributed by atoms with Crippen molar-refractivity contribution in [1.82, 2.24) is 15.5 Å². The van der Waals surface area contributed by atoms with E-state index >= 15 is 0 Å². The average Bonchev–Trinajstić information content (AvgIpc) is 2.72. The minimum absolute atomic E-state index is 0.483. The molecule has 70 valence electrons. The molecule has 3 rings (SSSR count). The van der Waals surface area contributed by atoms with Gasteiger partial charge in [-0.05, 0) is 25.8 Å². The van der Waals surface area contributed by atoms with E-state index in [2.05, 4.69) is 15.5 Å². The van der Waals surface area contributed by atoms with Crippen molar-refractivity contribution in [2.45, 2.75) is 31.1 Å². The summed E-state index contributed by atoms with van der Waals surface area (Å²) in [6, 6.07) is 0. The predicted molar refractivity (Wildman–Crippen MR) is 46.5 cm³/mol.